The number of halogens is 1. The van der Waals surface area contributed by atoms with E-state index < -0.39 is 5.97 Å². The lowest BCUT2D eigenvalue weighted by Gasteiger charge is -2.32. The first kappa shape index (κ1) is 15.9. The van der Waals surface area contributed by atoms with E-state index in [1.165, 1.54) is 7.11 Å². The molecule has 0 bridgehead atoms. The maximum absolute atomic E-state index is 10.7. The summed E-state index contributed by atoms with van der Waals surface area (Å²) in [6.07, 6.45) is -0.360. The lowest BCUT2D eigenvalue weighted by Crippen LogP contribution is -2.42. The lowest BCUT2D eigenvalue weighted by molar-refractivity contribution is -0.142. The molecule has 7 heteroatoms. The van der Waals surface area contributed by atoms with E-state index in [4.69, 9.17) is 26.2 Å². The quantitative estimate of drug-likeness (QED) is 0.861. The molecule has 2 rings (SSSR count). The molecule has 1 aromatic carbocycles. The average molecular weight is 316 g/mol. The van der Waals surface area contributed by atoms with E-state index in [1.807, 2.05) is 4.90 Å². The summed E-state index contributed by atoms with van der Waals surface area (Å²) >= 11 is 6.00. The Kier molecular flexibility index (Phi) is 5.27. The van der Waals surface area contributed by atoms with Gasteiger partial charge in [-0.25, -0.2) is 0 Å². The second-order valence-corrected chi connectivity index (χ2v) is 5.38. The van der Waals surface area contributed by atoms with Crippen molar-refractivity contribution in [3.05, 3.63) is 22.7 Å². The van der Waals surface area contributed by atoms with E-state index in [9.17, 15) is 9.90 Å². The van der Waals surface area contributed by atoms with Crippen molar-refractivity contribution >= 4 is 17.6 Å². The fraction of sp³-hybridized carbons (Fsp3) is 0.500. The third kappa shape index (κ3) is 4.23. The maximum atomic E-state index is 10.7. The number of carbonyl (C=O) groups is 1. The molecule has 1 saturated heterocycles. The Balaban J connectivity index is 2.07. The van der Waals surface area contributed by atoms with Crippen molar-refractivity contribution in [2.24, 2.45) is 0 Å². The second-order valence-electron chi connectivity index (χ2n) is 4.94. The number of carboxylic acid groups (broad SMARTS) is 1. The molecular formula is C14H18ClNO5. The summed E-state index contributed by atoms with van der Waals surface area (Å²) in [6, 6.07) is 3.23. The van der Waals surface area contributed by atoms with Gasteiger partial charge in [0.2, 0.25) is 0 Å². The van der Waals surface area contributed by atoms with Crippen LogP contribution in [0.4, 0.5) is 0 Å². The van der Waals surface area contributed by atoms with Gasteiger partial charge in [0.05, 0.1) is 26.2 Å². The highest BCUT2D eigenvalue weighted by atomic mass is 35.5. The van der Waals surface area contributed by atoms with Gasteiger partial charge < -0.3 is 19.7 Å². The van der Waals surface area contributed by atoms with Crippen LogP contribution >= 0.6 is 11.6 Å². The van der Waals surface area contributed by atoms with E-state index in [0.717, 1.165) is 0 Å². The number of benzene rings is 1. The molecule has 0 saturated carbocycles. The van der Waals surface area contributed by atoms with Crippen molar-refractivity contribution in [2.75, 3.05) is 26.8 Å². The monoisotopic (exact) mass is 315 g/mol. The van der Waals surface area contributed by atoms with Crippen molar-refractivity contribution in [1.29, 1.82) is 0 Å². The van der Waals surface area contributed by atoms with Crippen LogP contribution in [0.3, 0.4) is 0 Å². The van der Waals surface area contributed by atoms with E-state index in [-0.39, 0.29) is 18.3 Å². The van der Waals surface area contributed by atoms with Crippen molar-refractivity contribution in [3.8, 4) is 11.5 Å². The van der Waals surface area contributed by atoms with Crippen LogP contribution in [-0.2, 0) is 16.1 Å². The summed E-state index contributed by atoms with van der Waals surface area (Å²) in [5.41, 5.74) is 0.648. The number of hydrogen-bond acceptors (Lipinski definition) is 5. The molecule has 1 atom stereocenters. The Bertz CT molecular complexity index is 522. The van der Waals surface area contributed by atoms with Gasteiger partial charge in [0.15, 0.2) is 11.5 Å². The minimum absolute atomic E-state index is 0.0264. The number of carboxylic acids is 1. The van der Waals surface area contributed by atoms with Gasteiger partial charge >= 0.3 is 5.97 Å². The molecule has 1 fully saturated rings. The minimum atomic E-state index is -0.880. The summed E-state index contributed by atoms with van der Waals surface area (Å²) in [7, 11) is 1.47. The zero-order valence-electron chi connectivity index (χ0n) is 11.7. The zero-order valence-corrected chi connectivity index (χ0v) is 12.5. The van der Waals surface area contributed by atoms with Gasteiger partial charge in [-0.3, -0.25) is 9.69 Å². The van der Waals surface area contributed by atoms with E-state index >= 15 is 0 Å². The predicted octanol–water partition coefficient (Wildman–Crippen LogP) is 1.73. The molecule has 2 N–H and O–H groups in total. The van der Waals surface area contributed by atoms with Crippen LogP contribution in [0, 0.1) is 0 Å². The van der Waals surface area contributed by atoms with Crippen LogP contribution in [0.2, 0.25) is 5.02 Å². The number of phenols is 1. The number of ether oxygens (including phenoxy) is 2. The van der Waals surface area contributed by atoms with Crippen molar-refractivity contribution in [3.63, 3.8) is 0 Å². The SMILES string of the molecule is COc1cc(Cl)cc(CN2CCOC(CC(=O)O)C2)c1O. The van der Waals surface area contributed by atoms with Crippen molar-refractivity contribution in [1.82, 2.24) is 4.90 Å². The molecule has 116 valence electrons. The molecule has 0 aliphatic carbocycles. The predicted molar refractivity (Wildman–Crippen MR) is 76.9 cm³/mol. The first-order valence-corrected chi connectivity index (χ1v) is 6.98. The third-order valence-electron chi connectivity index (χ3n) is 3.36. The topological polar surface area (TPSA) is 79.2 Å². The highest BCUT2D eigenvalue weighted by molar-refractivity contribution is 6.30. The highest BCUT2D eigenvalue weighted by Crippen LogP contribution is 2.34. The van der Waals surface area contributed by atoms with Gasteiger partial charge in [-0.1, -0.05) is 11.6 Å². The summed E-state index contributed by atoms with van der Waals surface area (Å²) in [6.45, 7) is 2.10. The minimum Gasteiger partial charge on any atom is -0.504 e. The molecule has 0 spiro atoms. The molecule has 1 aliphatic rings. The smallest absolute Gasteiger partial charge is 0.306 e. The van der Waals surface area contributed by atoms with Gasteiger partial charge in [-0.05, 0) is 6.07 Å². The first-order chi connectivity index (χ1) is 9.99. The molecule has 0 amide bonds. The molecule has 1 aliphatic heterocycles. The highest BCUT2D eigenvalue weighted by Gasteiger charge is 2.24. The van der Waals surface area contributed by atoms with E-state index in [1.54, 1.807) is 12.1 Å². The molecule has 21 heavy (non-hydrogen) atoms. The average Bonchev–Trinajstić information content (AvgIpc) is 2.42. The number of morpholine rings is 1. The van der Waals surface area contributed by atoms with Crippen LogP contribution < -0.4 is 4.74 Å². The molecule has 6 nitrogen and oxygen atoms in total. The lowest BCUT2D eigenvalue weighted by atomic mass is 10.1. The van der Waals surface area contributed by atoms with Gasteiger partial charge in [0.1, 0.15) is 0 Å². The summed E-state index contributed by atoms with van der Waals surface area (Å²) in [5, 5.41) is 19.4. The molecule has 1 unspecified atom stereocenters. The van der Waals surface area contributed by atoms with Crippen LogP contribution in [0.15, 0.2) is 12.1 Å². The van der Waals surface area contributed by atoms with Crippen LogP contribution in [-0.4, -0.2) is 54.0 Å². The van der Waals surface area contributed by atoms with Crippen LogP contribution in [0.1, 0.15) is 12.0 Å². The van der Waals surface area contributed by atoms with Crippen LogP contribution in [0.25, 0.3) is 0 Å². The summed E-state index contributed by atoms with van der Waals surface area (Å²) in [5.74, 6) is -0.495. The van der Waals surface area contributed by atoms with Crippen molar-refractivity contribution in [2.45, 2.75) is 19.1 Å². The number of rotatable bonds is 5. The maximum Gasteiger partial charge on any atom is 0.306 e. The van der Waals surface area contributed by atoms with Crippen molar-refractivity contribution < 1.29 is 24.5 Å². The Morgan fingerprint density at radius 1 is 1.57 bits per heavy atom. The van der Waals surface area contributed by atoms with Crippen LogP contribution in [0.5, 0.6) is 11.5 Å². The largest absolute Gasteiger partial charge is 0.504 e. The van der Waals surface area contributed by atoms with Gasteiger partial charge in [-0.2, -0.15) is 0 Å². The van der Waals surface area contributed by atoms with Gasteiger partial charge in [-0.15, -0.1) is 0 Å². The molecular weight excluding hydrogens is 298 g/mol. The van der Waals surface area contributed by atoms with Gasteiger partial charge in [0.25, 0.3) is 0 Å². The number of hydrogen-bond donors (Lipinski definition) is 2. The normalized spacial score (nSPS) is 19.4. The van der Waals surface area contributed by atoms with Gasteiger partial charge in [0, 0.05) is 36.3 Å². The fourth-order valence-electron chi connectivity index (χ4n) is 2.39. The molecule has 0 radical (unpaired) electrons. The van der Waals surface area contributed by atoms with E-state index in [2.05, 4.69) is 0 Å². The number of aromatic hydroxyl groups is 1. The zero-order chi connectivity index (χ0) is 15.4. The standard InChI is InChI=1S/C14H18ClNO5/c1-20-12-5-10(15)4-9(14(12)19)7-16-2-3-21-11(8-16)6-13(17)18/h4-5,11,19H,2-3,6-8H2,1H3,(H,17,18). The Labute approximate surface area is 127 Å². The number of aliphatic carboxylic acids is 1. The number of methoxy groups -OCH3 is 1. The Hall–Kier alpha value is -1.50. The third-order valence-corrected chi connectivity index (χ3v) is 3.58. The fourth-order valence-corrected chi connectivity index (χ4v) is 2.62. The summed E-state index contributed by atoms with van der Waals surface area (Å²) in [4.78, 5) is 12.8. The number of phenolic OH excluding ortho intramolecular Hbond substituents is 1. The van der Waals surface area contributed by atoms with E-state index in [0.29, 0.717) is 42.6 Å². The Morgan fingerprint density at radius 3 is 3.00 bits per heavy atom. The summed E-state index contributed by atoms with van der Waals surface area (Å²) < 4.78 is 10.5. The Morgan fingerprint density at radius 2 is 2.33 bits per heavy atom. The number of nitrogens with zero attached hydrogens (tertiary/aromatic N) is 1. The molecule has 1 aromatic rings. The molecule has 1 heterocycles. The first-order valence-electron chi connectivity index (χ1n) is 6.60. The second kappa shape index (κ2) is 6.98. The molecule has 0 aromatic heterocycles.